The van der Waals surface area contributed by atoms with Gasteiger partial charge in [-0.15, -0.1) is 6.54 Å². The summed E-state index contributed by atoms with van der Waals surface area (Å²) in [4.78, 5) is 2.49. The van der Waals surface area contributed by atoms with Crippen LogP contribution in [0, 0.1) is 0 Å². The second-order valence-corrected chi connectivity index (χ2v) is 11.6. The van der Waals surface area contributed by atoms with Crippen molar-refractivity contribution in [1.82, 2.24) is 10.1 Å². The standard InChI is InChI=1S/C28H39N4O3S3.Mn/c29-38(33,34)25-14-12-23(13-15-25)27-26(35-31-28(27)24-9-5-4-6-10-24)11-7-2-1-3-8-18-32(20-22-37)19-16-30-17-21-36;/h4-6,9-10,12-15,36-37H,1-3,7-8,11,16-22H2,(H2,29,33,34);/q-1;/p-2. The molecule has 1 aromatic heterocycles. The van der Waals surface area contributed by atoms with E-state index in [9.17, 15) is 8.42 Å². The minimum absolute atomic E-state index is 0. The van der Waals surface area contributed by atoms with Crippen molar-refractivity contribution in [1.29, 1.82) is 0 Å². The Labute approximate surface area is 255 Å². The van der Waals surface area contributed by atoms with Gasteiger partial charge in [0, 0.05) is 29.1 Å². The Hall–Kier alpha value is -1.30. The van der Waals surface area contributed by atoms with Crippen LogP contribution in [0.2, 0.25) is 0 Å². The van der Waals surface area contributed by atoms with Crippen LogP contribution in [0.3, 0.4) is 0 Å². The summed E-state index contributed by atoms with van der Waals surface area (Å²) in [7, 11) is -3.76. The first-order valence-electron chi connectivity index (χ1n) is 13.1. The predicted molar refractivity (Wildman–Crippen MR) is 160 cm³/mol. The van der Waals surface area contributed by atoms with Gasteiger partial charge in [-0.05, 0) is 50.2 Å². The van der Waals surface area contributed by atoms with Crippen molar-refractivity contribution in [2.75, 3.05) is 44.2 Å². The molecule has 2 aromatic carbocycles. The van der Waals surface area contributed by atoms with Gasteiger partial charge in [-0.3, -0.25) is 0 Å². The molecule has 2 N–H and O–H groups in total. The van der Waals surface area contributed by atoms with Gasteiger partial charge in [0.25, 0.3) is 0 Å². The second kappa shape index (κ2) is 18.2. The fraction of sp³-hybridized carbons (Fsp3) is 0.464. The molecule has 1 heterocycles. The van der Waals surface area contributed by atoms with Crippen molar-refractivity contribution in [2.45, 2.75) is 43.4 Å². The van der Waals surface area contributed by atoms with Crippen molar-refractivity contribution in [3.8, 4) is 22.4 Å². The van der Waals surface area contributed by atoms with Crippen LogP contribution in [0.25, 0.3) is 27.7 Å². The Morgan fingerprint density at radius 1 is 0.821 bits per heavy atom. The third-order valence-corrected chi connectivity index (χ3v) is 7.69. The first-order valence-corrected chi connectivity index (χ1v) is 15.8. The van der Waals surface area contributed by atoms with Gasteiger partial charge < -0.3 is 40.0 Å². The van der Waals surface area contributed by atoms with Crippen molar-refractivity contribution < 1.29 is 30.0 Å². The molecule has 0 fully saturated rings. The zero-order valence-electron chi connectivity index (χ0n) is 22.1. The van der Waals surface area contributed by atoms with Crippen LogP contribution >= 0.6 is 0 Å². The Morgan fingerprint density at radius 3 is 2.18 bits per heavy atom. The molecule has 0 atom stereocenters. The molecule has 0 aliphatic rings. The number of hydrogen-bond donors (Lipinski definition) is 1. The van der Waals surface area contributed by atoms with Crippen molar-refractivity contribution in [3.63, 3.8) is 0 Å². The number of aromatic nitrogens is 1. The third-order valence-electron chi connectivity index (χ3n) is 6.39. The number of sulfonamides is 1. The molecule has 3 rings (SSSR count). The van der Waals surface area contributed by atoms with Gasteiger partial charge >= 0.3 is 0 Å². The zero-order valence-corrected chi connectivity index (χ0v) is 25.8. The minimum Gasteiger partial charge on any atom is -0.794 e. The van der Waals surface area contributed by atoms with Gasteiger partial charge in [-0.25, -0.2) is 13.6 Å². The average Bonchev–Trinajstić information content (AvgIpc) is 3.34. The Kier molecular flexibility index (Phi) is 15.8. The maximum absolute atomic E-state index is 11.7. The predicted octanol–water partition coefficient (Wildman–Crippen LogP) is 4.92. The van der Waals surface area contributed by atoms with Gasteiger partial charge in [0.2, 0.25) is 10.0 Å². The van der Waals surface area contributed by atoms with E-state index in [4.69, 9.17) is 34.9 Å². The van der Waals surface area contributed by atoms with E-state index in [0.29, 0.717) is 5.75 Å². The molecule has 3 aromatic rings. The zero-order chi connectivity index (χ0) is 27.2. The quantitative estimate of drug-likeness (QED) is 0.121. The number of unbranched alkanes of at least 4 members (excludes halogenated alkanes) is 4. The van der Waals surface area contributed by atoms with Crippen LogP contribution in [0.1, 0.15) is 37.9 Å². The number of nitrogens with zero attached hydrogens (tertiary/aromatic N) is 3. The minimum atomic E-state index is -3.76. The van der Waals surface area contributed by atoms with Gasteiger partial charge in [-0.2, -0.15) is 18.1 Å². The normalized spacial score (nSPS) is 11.6. The Balaban J connectivity index is 0.00000533. The molecule has 39 heavy (non-hydrogen) atoms. The average molecular weight is 629 g/mol. The van der Waals surface area contributed by atoms with E-state index in [1.54, 1.807) is 12.1 Å². The van der Waals surface area contributed by atoms with E-state index in [1.807, 2.05) is 30.3 Å². The molecule has 0 unspecified atom stereocenters. The van der Waals surface area contributed by atoms with Crippen LogP contribution in [0.4, 0.5) is 0 Å². The number of aryl methyl sites for hydroxylation is 1. The van der Waals surface area contributed by atoms with Crippen LogP contribution in [-0.4, -0.2) is 62.7 Å². The molecular weight excluding hydrogens is 591 g/mol. The molecule has 11 heteroatoms. The molecule has 7 nitrogen and oxygen atoms in total. The SMILES string of the molecule is NS(=O)(=O)c1ccc(-c2c(-c3ccccc3)noc2CCCCCCCN(CC[S-])CC[N-]CC[S-])cc1.[Mn]. The number of benzene rings is 2. The van der Waals surface area contributed by atoms with Crippen molar-refractivity contribution >= 4 is 35.3 Å². The van der Waals surface area contributed by atoms with Gasteiger partial charge in [0.05, 0.1) is 10.5 Å². The third kappa shape index (κ3) is 11.2. The number of rotatable bonds is 18. The summed E-state index contributed by atoms with van der Waals surface area (Å²) in [5, 5.41) is 14.1. The second-order valence-electron chi connectivity index (χ2n) is 9.20. The first-order chi connectivity index (χ1) is 18.4. The first kappa shape index (κ1) is 33.9. The largest absolute Gasteiger partial charge is 0.794 e. The van der Waals surface area contributed by atoms with Gasteiger partial charge in [0.1, 0.15) is 11.5 Å². The summed E-state index contributed by atoms with van der Waals surface area (Å²) < 4.78 is 29.2. The van der Waals surface area contributed by atoms with E-state index in [2.05, 4.69) is 15.4 Å². The molecule has 0 bridgehead atoms. The Morgan fingerprint density at radius 2 is 1.51 bits per heavy atom. The van der Waals surface area contributed by atoms with Crippen LogP contribution in [0.5, 0.6) is 0 Å². The van der Waals surface area contributed by atoms with E-state index in [-0.39, 0.29) is 22.0 Å². The number of primary sulfonamides is 1. The topological polar surface area (TPSA) is 104 Å². The molecule has 0 amide bonds. The van der Waals surface area contributed by atoms with Crippen LogP contribution in [0.15, 0.2) is 64.0 Å². The molecule has 0 aliphatic heterocycles. The fourth-order valence-electron chi connectivity index (χ4n) is 4.40. The molecule has 0 spiro atoms. The molecule has 215 valence electrons. The molecule has 0 saturated carbocycles. The van der Waals surface area contributed by atoms with Crippen molar-refractivity contribution in [2.24, 2.45) is 5.14 Å². The summed E-state index contributed by atoms with van der Waals surface area (Å²) in [6.07, 6.45) is 6.32. The van der Waals surface area contributed by atoms with Gasteiger partial charge in [0.15, 0.2) is 0 Å². The maximum Gasteiger partial charge on any atom is 0.238 e. The van der Waals surface area contributed by atoms with E-state index < -0.39 is 10.0 Å². The fourth-order valence-corrected chi connectivity index (χ4v) is 5.30. The summed E-state index contributed by atoms with van der Waals surface area (Å²) in [5.41, 5.74) is 3.46. The summed E-state index contributed by atoms with van der Waals surface area (Å²) in [6, 6.07) is 16.4. The molecule has 1 radical (unpaired) electrons. The van der Waals surface area contributed by atoms with Crippen LogP contribution in [-0.2, 0) is 58.8 Å². The summed E-state index contributed by atoms with van der Waals surface area (Å²) >= 11 is 10.1. The summed E-state index contributed by atoms with van der Waals surface area (Å²) in [5.74, 6) is 2.25. The smallest absolute Gasteiger partial charge is 0.238 e. The molecule has 0 aliphatic carbocycles. The monoisotopic (exact) mass is 628 g/mol. The summed E-state index contributed by atoms with van der Waals surface area (Å²) in [6.45, 7) is 4.55. The molecular formula is C28H37MnN4O3S3-3. The van der Waals surface area contributed by atoms with E-state index >= 15 is 0 Å². The maximum atomic E-state index is 11.7. The van der Waals surface area contributed by atoms with E-state index in [1.165, 1.54) is 18.6 Å². The van der Waals surface area contributed by atoms with E-state index in [0.717, 1.165) is 98.7 Å². The van der Waals surface area contributed by atoms with Crippen molar-refractivity contribution in [3.05, 3.63) is 65.7 Å². The Bertz CT molecular complexity index is 1190. The number of nitrogens with two attached hydrogens (primary N) is 1. The molecule has 0 saturated heterocycles. The van der Waals surface area contributed by atoms with Crippen LogP contribution < -0.4 is 5.14 Å². The van der Waals surface area contributed by atoms with Gasteiger partial charge in [-0.1, -0.05) is 66.9 Å². The number of hydrogen-bond acceptors (Lipinski definition) is 7.